The van der Waals surface area contributed by atoms with Crippen molar-refractivity contribution in [1.82, 2.24) is 9.88 Å². The van der Waals surface area contributed by atoms with Crippen molar-refractivity contribution >= 4 is 26.7 Å². The van der Waals surface area contributed by atoms with Crippen LogP contribution in [0.2, 0.25) is 0 Å². The molecule has 1 aromatic carbocycles. The number of piperidine rings is 1. The topological polar surface area (TPSA) is 42.1 Å². The third-order valence-electron chi connectivity index (χ3n) is 4.03. The van der Waals surface area contributed by atoms with E-state index >= 15 is 0 Å². The van der Waals surface area contributed by atoms with E-state index in [1.165, 1.54) is 6.07 Å². The summed E-state index contributed by atoms with van der Waals surface area (Å²) < 4.78 is 39.8. The van der Waals surface area contributed by atoms with Gasteiger partial charge in [-0.1, -0.05) is 11.3 Å². The number of alkyl halides is 3. The van der Waals surface area contributed by atoms with Crippen LogP contribution >= 0.6 is 11.3 Å². The van der Waals surface area contributed by atoms with Gasteiger partial charge in [-0.25, -0.2) is 4.98 Å². The molecule has 21 heavy (non-hydrogen) atoms. The van der Waals surface area contributed by atoms with Gasteiger partial charge in [0.1, 0.15) is 0 Å². The van der Waals surface area contributed by atoms with Crippen LogP contribution in [-0.2, 0) is 6.18 Å². The molecule has 2 heterocycles. The first kappa shape index (κ1) is 14.6. The van der Waals surface area contributed by atoms with Gasteiger partial charge in [0.05, 0.1) is 15.8 Å². The van der Waals surface area contributed by atoms with E-state index in [1.807, 2.05) is 7.05 Å². The van der Waals surface area contributed by atoms with Gasteiger partial charge in [0, 0.05) is 0 Å². The first-order valence-electron chi connectivity index (χ1n) is 6.80. The third-order valence-corrected chi connectivity index (χ3v) is 4.86. The summed E-state index contributed by atoms with van der Waals surface area (Å²) >= 11 is 1.12. The highest BCUT2D eigenvalue weighted by Gasteiger charge is 2.33. The monoisotopic (exact) mass is 315 g/mol. The Bertz CT molecular complexity index is 657. The summed E-state index contributed by atoms with van der Waals surface area (Å²) in [5.41, 5.74) is 6.42. The SMILES string of the molecule is CN1CCC(c2cc(C(F)(F)F)cc3sc(N)nc23)CC1. The van der Waals surface area contributed by atoms with Crippen molar-refractivity contribution < 1.29 is 13.2 Å². The summed E-state index contributed by atoms with van der Waals surface area (Å²) in [6.45, 7) is 1.78. The molecule has 0 radical (unpaired) electrons. The maximum atomic E-state index is 13.1. The Labute approximate surface area is 124 Å². The van der Waals surface area contributed by atoms with E-state index in [2.05, 4.69) is 9.88 Å². The molecule has 0 atom stereocenters. The number of nitrogen functional groups attached to an aromatic ring is 1. The summed E-state index contributed by atoms with van der Waals surface area (Å²) in [6.07, 6.45) is -2.64. The molecule has 0 bridgehead atoms. The average molecular weight is 315 g/mol. The lowest BCUT2D eigenvalue weighted by molar-refractivity contribution is -0.137. The minimum absolute atomic E-state index is 0.118. The van der Waals surface area contributed by atoms with Crippen molar-refractivity contribution in [2.24, 2.45) is 0 Å². The van der Waals surface area contributed by atoms with Gasteiger partial charge in [0.25, 0.3) is 0 Å². The Morgan fingerprint density at radius 1 is 1.29 bits per heavy atom. The lowest BCUT2D eigenvalue weighted by Crippen LogP contribution is -2.29. The molecule has 0 unspecified atom stereocenters. The van der Waals surface area contributed by atoms with Gasteiger partial charge < -0.3 is 10.6 Å². The number of nitrogens with zero attached hydrogens (tertiary/aromatic N) is 2. The summed E-state index contributed by atoms with van der Waals surface area (Å²) in [7, 11) is 2.03. The number of rotatable bonds is 1. The molecule has 114 valence electrons. The number of nitrogens with two attached hydrogens (primary N) is 1. The normalized spacial score (nSPS) is 18.5. The van der Waals surface area contributed by atoms with E-state index in [9.17, 15) is 13.2 Å². The summed E-state index contributed by atoms with van der Waals surface area (Å²) in [4.78, 5) is 6.44. The summed E-state index contributed by atoms with van der Waals surface area (Å²) in [5.74, 6) is 0.118. The molecular weight excluding hydrogens is 299 g/mol. The van der Waals surface area contributed by atoms with Crippen molar-refractivity contribution in [2.75, 3.05) is 25.9 Å². The fourth-order valence-corrected chi connectivity index (χ4v) is 3.68. The molecule has 2 aromatic rings. The number of anilines is 1. The first-order valence-corrected chi connectivity index (χ1v) is 7.62. The second-order valence-electron chi connectivity index (χ2n) is 5.54. The second kappa shape index (κ2) is 5.14. The zero-order chi connectivity index (χ0) is 15.2. The molecule has 7 heteroatoms. The van der Waals surface area contributed by atoms with E-state index in [-0.39, 0.29) is 5.92 Å². The summed E-state index contributed by atoms with van der Waals surface area (Å²) in [5, 5.41) is 0.318. The van der Waals surface area contributed by atoms with Crippen molar-refractivity contribution in [3.05, 3.63) is 23.3 Å². The fraction of sp³-hybridized carbons (Fsp3) is 0.500. The summed E-state index contributed by atoms with van der Waals surface area (Å²) in [6, 6.07) is 2.42. The van der Waals surface area contributed by atoms with Gasteiger partial charge in [-0.15, -0.1) is 0 Å². The molecule has 0 spiro atoms. The number of likely N-dealkylation sites (tertiary alicyclic amines) is 1. The molecule has 0 saturated carbocycles. The molecule has 1 aliphatic rings. The van der Waals surface area contributed by atoms with Crippen LogP contribution in [0.4, 0.5) is 18.3 Å². The largest absolute Gasteiger partial charge is 0.416 e. The van der Waals surface area contributed by atoms with E-state index < -0.39 is 11.7 Å². The van der Waals surface area contributed by atoms with Crippen LogP contribution in [-0.4, -0.2) is 30.0 Å². The Kier molecular flexibility index (Phi) is 3.57. The molecular formula is C14H16F3N3S. The molecule has 1 aromatic heterocycles. The molecule has 0 amide bonds. The number of hydrogen-bond acceptors (Lipinski definition) is 4. The molecule has 3 rings (SSSR count). The Balaban J connectivity index is 2.10. The van der Waals surface area contributed by atoms with Crippen LogP contribution < -0.4 is 5.73 Å². The van der Waals surface area contributed by atoms with E-state index in [4.69, 9.17) is 5.73 Å². The van der Waals surface area contributed by atoms with Crippen LogP contribution in [0.5, 0.6) is 0 Å². The van der Waals surface area contributed by atoms with Gasteiger partial charge in [-0.05, 0) is 56.6 Å². The number of halogens is 3. The number of fused-ring (bicyclic) bond motifs is 1. The maximum absolute atomic E-state index is 13.1. The average Bonchev–Trinajstić information content (AvgIpc) is 2.77. The van der Waals surface area contributed by atoms with Crippen molar-refractivity contribution in [3.63, 3.8) is 0 Å². The highest BCUT2D eigenvalue weighted by atomic mass is 32.1. The van der Waals surface area contributed by atoms with Crippen LogP contribution in [0.25, 0.3) is 10.2 Å². The number of aromatic nitrogens is 1. The third kappa shape index (κ3) is 2.85. The molecule has 1 fully saturated rings. The minimum atomic E-state index is -4.34. The molecule has 1 aliphatic heterocycles. The van der Waals surface area contributed by atoms with Gasteiger partial charge >= 0.3 is 6.18 Å². The van der Waals surface area contributed by atoms with E-state index in [0.717, 1.165) is 43.3 Å². The first-order chi connectivity index (χ1) is 9.84. The van der Waals surface area contributed by atoms with Crippen LogP contribution in [0.3, 0.4) is 0 Å². The quantitative estimate of drug-likeness (QED) is 0.872. The molecule has 3 nitrogen and oxygen atoms in total. The lowest BCUT2D eigenvalue weighted by Gasteiger charge is -2.29. The predicted molar refractivity (Wildman–Crippen MR) is 78.5 cm³/mol. The van der Waals surface area contributed by atoms with E-state index in [0.29, 0.717) is 20.9 Å². The highest BCUT2D eigenvalue weighted by molar-refractivity contribution is 7.22. The van der Waals surface area contributed by atoms with E-state index in [1.54, 1.807) is 0 Å². The highest BCUT2D eigenvalue weighted by Crippen LogP contribution is 2.40. The lowest BCUT2D eigenvalue weighted by atomic mass is 9.88. The van der Waals surface area contributed by atoms with Crippen molar-refractivity contribution in [1.29, 1.82) is 0 Å². The number of thiazole rings is 1. The molecule has 2 N–H and O–H groups in total. The van der Waals surface area contributed by atoms with Crippen molar-refractivity contribution in [3.8, 4) is 0 Å². The fourth-order valence-electron chi connectivity index (χ4n) is 2.87. The van der Waals surface area contributed by atoms with Crippen LogP contribution in [0.15, 0.2) is 12.1 Å². The van der Waals surface area contributed by atoms with Crippen LogP contribution in [0, 0.1) is 0 Å². The molecule has 0 aliphatic carbocycles. The smallest absolute Gasteiger partial charge is 0.375 e. The Hall–Kier alpha value is -1.34. The van der Waals surface area contributed by atoms with Gasteiger partial charge in [0.15, 0.2) is 5.13 Å². The molecule has 1 saturated heterocycles. The number of hydrogen-bond donors (Lipinski definition) is 1. The van der Waals surface area contributed by atoms with Gasteiger partial charge in [-0.2, -0.15) is 13.2 Å². The second-order valence-corrected chi connectivity index (χ2v) is 6.60. The zero-order valence-electron chi connectivity index (χ0n) is 11.6. The Morgan fingerprint density at radius 3 is 2.57 bits per heavy atom. The maximum Gasteiger partial charge on any atom is 0.416 e. The predicted octanol–water partition coefficient (Wildman–Crippen LogP) is 3.71. The van der Waals surface area contributed by atoms with Gasteiger partial charge in [0.2, 0.25) is 0 Å². The Morgan fingerprint density at radius 2 is 1.95 bits per heavy atom. The van der Waals surface area contributed by atoms with Crippen LogP contribution in [0.1, 0.15) is 29.9 Å². The minimum Gasteiger partial charge on any atom is -0.375 e. The standard InChI is InChI=1S/C14H16F3N3S/c1-20-4-2-8(3-5-20)10-6-9(14(15,16)17)7-11-12(10)19-13(18)21-11/h6-8H,2-5H2,1H3,(H2,18,19). The van der Waals surface area contributed by atoms with Crippen molar-refractivity contribution in [2.45, 2.75) is 24.9 Å². The van der Waals surface area contributed by atoms with Gasteiger partial charge in [-0.3, -0.25) is 0 Å². The zero-order valence-corrected chi connectivity index (χ0v) is 12.4. The number of benzene rings is 1.